The first-order valence-corrected chi connectivity index (χ1v) is 12.1. The molecule has 1 amide bonds. The van der Waals surface area contributed by atoms with E-state index in [1.165, 1.54) is 19.1 Å². The molecule has 0 saturated carbocycles. The normalized spacial score (nSPS) is 12.0. The quantitative estimate of drug-likeness (QED) is 0.367. The third-order valence-electron chi connectivity index (χ3n) is 4.39. The highest BCUT2D eigenvalue weighted by atomic mass is 35.5. The summed E-state index contributed by atoms with van der Waals surface area (Å²) in [7, 11) is -4.28. The molecule has 0 radical (unpaired) electrons. The van der Waals surface area contributed by atoms with Gasteiger partial charge in [-0.2, -0.15) is 0 Å². The number of carbonyl (C=O) groups excluding carboxylic acids is 2. The Morgan fingerprint density at radius 3 is 2.12 bits per heavy atom. The largest absolute Gasteiger partial charge is 0.449 e. The van der Waals surface area contributed by atoms with Crippen LogP contribution in [0.3, 0.4) is 0 Å². The molecule has 34 heavy (non-hydrogen) atoms. The van der Waals surface area contributed by atoms with Gasteiger partial charge in [0.1, 0.15) is 10.7 Å². The number of benzene rings is 3. The Balaban J connectivity index is 1.79. The number of hydrogen-bond acceptors (Lipinski definition) is 5. The Morgan fingerprint density at radius 1 is 0.912 bits per heavy atom. The van der Waals surface area contributed by atoms with Crippen LogP contribution in [-0.2, 0) is 19.6 Å². The Kier molecular flexibility index (Phi) is 8.04. The Hall–Kier alpha value is -2.85. The van der Waals surface area contributed by atoms with Gasteiger partial charge in [-0.1, -0.05) is 34.8 Å². The molecule has 0 heterocycles. The zero-order valence-corrected chi connectivity index (χ0v) is 20.4. The first-order chi connectivity index (χ1) is 16.0. The van der Waals surface area contributed by atoms with Gasteiger partial charge in [0.05, 0.1) is 15.6 Å². The minimum atomic E-state index is -4.28. The molecule has 0 aliphatic heterocycles. The van der Waals surface area contributed by atoms with E-state index in [-0.39, 0.29) is 21.3 Å². The van der Waals surface area contributed by atoms with E-state index < -0.39 is 38.7 Å². The summed E-state index contributed by atoms with van der Waals surface area (Å²) < 4.78 is 46.1. The fourth-order valence-electron chi connectivity index (χ4n) is 2.67. The van der Waals surface area contributed by atoms with Crippen LogP contribution in [0.15, 0.2) is 65.6 Å². The second-order valence-electron chi connectivity index (χ2n) is 6.92. The second kappa shape index (κ2) is 10.6. The van der Waals surface area contributed by atoms with Crippen molar-refractivity contribution in [2.24, 2.45) is 0 Å². The summed E-state index contributed by atoms with van der Waals surface area (Å²) in [6, 6.07) is 12.8. The van der Waals surface area contributed by atoms with Crippen molar-refractivity contribution in [3.05, 3.63) is 87.1 Å². The SMILES string of the molecule is C[C@H](OC(=O)c1cc(S(=O)(=O)Nc2ccc(F)cc2)c(Cl)cc1Cl)C(=O)Nc1ccc(Cl)cc1. The van der Waals surface area contributed by atoms with Gasteiger partial charge in [-0.15, -0.1) is 0 Å². The van der Waals surface area contributed by atoms with Crippen molar-refractivity contribution >= 4 is 68.1 Å². The molecule has 2 N–H and O–H groups in total. The van der Waals surface area contributed by atoms with E-state index in [4.69, 9.17) is 39.5 Å². The van der Waals surface area contributed by atoms with Crippen molar-refractivity contribution in [1.29, 1.82) is 0 Å². The van der Waals surface area contributed by atoms with E-state index in [1.807, 2.05) is 0 Å². The van der Waals surface area contributed by atoms with Crippen molar-refractivity contribution in [1.82, 2.24) is 0 Å². The summed E-state index contributed by atoms with van der Waals surface area (Å²) in [6.07, 6.45) is -1.24. The Labute approximate surface area is 209 Å². The standard InChI is InChI=1S/C22H16Cl3FN2O5S/c1-12(21(29)27-15-6-2-13(23)3-7-15)33-22(30)17-10-20(19(25)11-18(17)24)34(31,32)28-16-8-4-14(26)5-9-16/h2-12,28H,1H3,(H,27,29)/t12-/m0/s1. The first kappa shape index (κ1) is 25.8. The topological polar surface area (TPSA) is 102 Å². The minimum Gasteiger partial charge on any atom is -0.449 e. The lowest BCUT2D eigenvalue weighted by atomic mass is 10.2. The highest BCUT2D eigenvalue weighted by Crippen LogP contribution is 2.31. The highest BCUT2D eigenvalue weighted by molar-refractivity contribution is 7.92. The molecule has 0 aliphatic rings. The average Bonchev–Trinajstić information content (AvgIpc) is 2.76. The van der Waals surface area contributed by atoms with Crippen molar-refractivity contribution in [3.8, 4) is 0 Å². The zero-order chi connectivity index (χ0) is 25.0. The van der Waals surface area contributed by atoms with Crippen LogP contribution in [0.25, 0.3) is 0 Å². The summed E-state index contributed by atoms with van der Waals surface area (Å²) in [5, 5.41) is 2.60. The number of ether oxygens (including phenoxy) is 1. The minimum absolute atomic E-state index is 0.0732. The summed E-state index contributed by atoms with van der Waals surface area (Å²) in [4.78, 5) is 24.5. The van der Waals surface area contributed by atoms with Gasteiger partial charge >= 0.3 is 5.97 Å². The fourth-order valence-corrected chi connectivity index (χ4v) is 4.71. The summed E-state index contributed by atoms with van der Waals surface area (Å²) in [5.41, 5.74) is 0.183. The maximum atomic E-state index is 13.1. The molecule has 0 unspecified atom stereocenters. The third kappa shape index (κ3) is 6.38. The van der Waals surface area contributed by atoms with Crippen LogP contribution < -0.4 is 10.0 Å². The number of nitrogens with one attached hydrogen (secondary N) is 2. The molecule has 0 spiro atoms. The Morgan fingerprint density at radius 2 is 1.50 bits per heavy atom. The van der Waals surface area contributed by atoms with Gasteiger partial charge in [0.15, 0.2) is 6.10 Å². The zero-order valence-electron chi connectivity index (χ0n) is 17.3. The number of carbonyl (C=O) groups is 2. The van der Waals surface area contributed by atoms with Crippen LogP contribution in [0, 0.1) is 5.82 Å². The van der Waals surface area contributed by atoms with Crippen LogP contribution in [0.4, 0.5) is 15.8 Å². The van der Waals surface area contributed by atoms with Crippen molar-refractivity contribution < 1.29 is 27.1 Å². The van der Waals surface area contributed by atoms with Crippen LogP contribution in [0.1, 0.15) is 17.3 Å². The van der Waals surface area contributed by atoms with Crippen molar-refractivity contribution in [3.63, 3.8) is 0 Å². The third-order valence-corrected chi connectivity index (χ3v) is 6.80. The molecule has 0 aromatic heterocycles. The van der Waals surface area contributed by atoms with Crippen molar-refractivity contribution in [2.45, 2.75) is 17.9 Å². The predicted octanol–water partition coefficient (Wildman–Crippen LogP) is 5.77. The molecule has 7 nitrogen and oxygen atoms in total. The molecule has 0 aliphatic carbocycles. The first-order valence-electron chi connectivity index (χ1n) is 9.51. The van der Waals surface area contributed by atoms with Gasteiger partial charge in [0.25, 0.3) is 15.9 Å². The molecule has 0 saturated heterocycles. The molecule has 3 aromatic rings. The molecule has 12 heteroatoms. The van der Waals surface area contributed by atoms with E-state index in [1.54, 1.807) is 24.3 Å². The van der Waals surface area contributed by atoms with Crippen molar-refractivity contribution in [2.75, 3.05) is 10.0 Å². The summed E-state index contributed by atoms with van der Waals surface area (Å²) >= 11 is 17.9. The van der Waals surface area contributed by atoms with E-state index >= 15 is 0 Å². The number of amides is 1. The van der Waals surface area contributed by atoms with Crippen LogP contribution in [-0.4, -0.2) is 26.4 Å². The number of anilines is 2. The number of halogens is 4. The summed E-state index contributed by atoms with van der Waals surface area (Å²) in [5.74, 6) is -2.23. The predicted molar refractivity (Wildman–Crippen MR) is 129 cm³/mol. The van der Waals surface area contributed by atoms with Gasteiger partial charge in [0, 0.05) is 16.4 Å². The molecular formula is C22H16Cl3FN2O5S. The molecule has 0 bridgehead atoms. The van der Waals surface area contributed by atoms with Crippen LogP contribution in [0.5, 0.6) is 0 Å². The molecule has 3 aromatic carbocycles. The van der Waals surface area contributed by atoms with Crippen LogP contribution >= 0.6 is 34.8 Å². The van der Waals surface area contributed by atoms with Gasteiger partial charge in [-0.3, -0.25) is 9.52 Å². The lowest BCUT2D eigenvalue weighted by molar-refractivity contribution is -0.123. The molecular weight excluding hydrogens is 530 g/mol. The number of rotatable bonds is 7. The summed E-state index contributed by atoms with van der Waals surface area (Å²) in [6.45, 7) is 1.33. The van der Waals surface area contributed by atoms with Gasteiger partial charge in [0.2, 0.25) is 0 Å². The maximum absolute atomic E-state index is 13.1. The highest BCUT2D eigenvalue weighted by Gasteiger charge is 2.26. The van der Waals surface area contributed by atoms with Gasteiger partial charge in [-0.25, -0.2) is 17.6 Å². The fraction of sp³-hybridized carbons (Fsp3) is 0.0909. The lowest BCUT2D eigenvalue weighted by Crippen LogP contribution is -2.30. The molecule has 178 valence electrons. The van der Waals surface area contributed by atoms with E-state index in [0.717, 1.165) is 24.3 Å². The second-order valence-corrected chi connectivity index (χ2v) is 9.82. The van der Waals surface area contributed by atoms with E-state index in [9.17, 15) is 22.4 Å². The van der Waals surface area contributed by atoms with Gasteiger partial charge < -0.3 is 10.1 Å². The maximum Gasteiger partial charge on any atom is 0.340 e. The van der Waals surface area contributed by atoms with E-state index in [0.29, 0.717) is 10.7 Å². The number of esters is 1. The number of sulfonamides is 1. The van der Waals surface area contributed by atoms with E-state index in [2.05, 4.69) is 10.0 Å². The van der Waals surface area contributed by atoms with Gasteiger partial charge in [-0.05, 0) is 67.6 Å². The monoisotopic (exact) mass is 544 g/mol. The molecule has 1 atom stereocenters. The lowest BCUT2D eigenvalue weighted by Gasteiger charge is -2.15. The average molecular weight is 546 g/mol. The van der Waals surface area contributed by atoms with Crippen LogP contribution in [0.2, 0.25) is 15.1 Å². The molecule has 0 fully saturated rings. The number of hydrogen-bond donors (Lipinski definition) is 2. The molecule has 3 rings (SSSR count). The Bertz CT molecular complexity index is 1330. The smallest absolute Gasteiger partial charge is 0.340 e.